The SMILES string of the molecule is CCCCCc1ccc(-c2ccccc2C2CCCC(F)C2)cc1. The molecule has 0 nitrogen and oxygen atoms in total. The molecule has 0 spiro atoms. The van der Waals surface area contributed by atoms with Gasteiger partial charge in [-0.2, -0.15) is 0 Å². The molecular formula is C23H29F. The van der Waals surface area contributed by atoms with E-state index in [0.717, 1.165) is 19.3 Å². The molecule has 0 aliphatic heterocycles. The summed E-state index contributed by atoms with van der Waals surface area (Å²) in [6.07, 6.45) is 7.94. The summed E-state index contributed by atoms with van der Waals surface area (Å²) >= 11 is 0. The molecule has 0 saturated heterocycles. The average molecular weight is 324 g/mol. The Morgan fingerprint density at radius 3 is 2.50 bits per heavy atom. The molecule has 2 aromatic carbocycles. The van der Waals surface area contributed by atoms with Gasteiger partial charge >= 0.3 is 0 Å². The number of benzene rings is 2. The number of rotatable bonds is 6. The molecule has 2 atom stereocenters. The van der Waals surface area contributed by atoms with E-state index in [1.54, 1.807) is 0 Å². The molecule has 2 aromatic rings. The quantitative estimate of drug-likeness (QED) is 0.498. The second-order valence-electron chi connectivity index (χ2n) is 7.20. The lowest BCUT2D eigenvalue weighted by Gasteiger charge is -2.26. The minimum atomic E-state index is -0.627. The van der Waals surface area contributed by atoms with Crippen LogP contribution in [0.3, 0.4) is 0 Å². The maximum absolute atomic E-state index is 13.9. The van der Waals surface area contributed by atoms with E-state index in [9.17, 15) is 4.39 Å². The summed E-state index contributed by atoms with van der Waals surface area (Å²) in [4.78, 5) is 0. The van der Waals surface area contributed by atoms with Gasteiger partial charge in [0.2, 0.25) is 0 Å². The Bertz CT molecular complexity index is 629. The third-order valence-electron chi connectivity index (χ3n) is 5.34. The van der Waals surface area contributed by atoms with Crippen molar-refractivity contribution in [1.29, 1.82) is 0 Å². The molecule has 0 aromatic heterocycles. The third-order valence-corrected chi connectivity index (χ3v) is 5.34. The lowest BCUT2D eigenvalue weighted by atomic mass is 9.80. The molecule has 0 amide bonds. The number of hydrogen-bond donors (Lipinski definition) is 0. The van der Waals surface area contributed by atoms with Crippen LogP contribution in [0.2, 0.25) is 0 Å². The summed E-state index contributed by atoms with van der Waals surface area (Å²) in [6.45, 7) is 2.24. The van der Waals surface area contributed by atoms with E-state index in [1.807, 2.05) is 0 Å². The smallest absolute Gasteiger partial charge is 0.101 e. The first-order chi connectivity index (χ1) is 11.8. The van der Waals surface area contributed by atoms with Gasteiger partial charge in [0.05, 0.1) is 0 Å². The van der Waals surface area contributed by atoms with E-state index in [0.29, 0.717) is 12.3 Å². The Balaban J connectivity index is 1.79. The zero-order valence-corrected chi connectivity index (χ0v) is 14.8. The molecule has 0 heterocycles. The predicted molar refractivity (Wildman–Crippen MR) is 101 cm³/mol. The van der Waals surface area contributed by atoms with Gasteiger partial charge in [0.25, 0.3) is 0 Å². The first-order valence-corrected chi connectivity index (χ1v) is 9.60. The molecule has 0 N–H and O–H groups in total. The fourth-order valence-electron chi connectivity index (χ4n) is 3.96. The molecular weight excluding hydrogens is 295 g/mol. The van der Waals surface area contributed by atoms with Crippen molar-refractivity contribution < 1.29 is 4.39 Å². The molecule has 24 heavy (non-hydrogen) atoms. The average Bonchev–Trinajstić information content (AvgIpc) is 2.63. The van der Waals surface area contributed by atoms with Gasteiger partial charge in [0.15, 0.2) is 0 Å². The van der Waals surface area contributed by atoms with Crippen LogP contribution < -0.4 is 0 Å². The highest BCUT2D eigenvalue weighted by Gasteiger charge is 2.24. The molecule has 0 bridgehead atoms. The van der Waals surface area contributed by atoms with E-state index < -0.39 is 6.17 Å². The van der Waals surface area contributed by atoms with Crippen molar-refractivity contribution in [2.75, 3.05) is 0 Å². The molecule has 1 saturated carbocycles. The normalized spacial score (nSPS) is 20.9. The van der Waals surface area contributed by atoms with Crippen molar-refractivity contribution in [3.8, 4) is 11.1 Å². The van der Waals surface area contributed by atoms with Gasteiger partial charge in [-0.3, -0.25) is 0 Å². The molecule has 1 aliphatic rings. The minimum Gasteiger partial charge on any atom is -0.247 e. The van der Waals surface area contributed by atoms with Crippen molar-refractivity contribution in [2.24, 2.45) is 0 Å². The van der Waals surface area contributed by atoms with Gasteiger partial charge in [-0.05, 0) is 66.7 Å². The Hall–Kier alpha value is -1.63. The van der Waals surface area contributed by atoms with E-state index in [-0.39, 0.29) is 0 Å². The maximum Gasteiger partial charge on any atom is 0.101 e. The molecule has 128 valence electrons. The van der Waals surface area contributed by atoms with Crippen LogP contribution in [0.4, 0.5) is 4.39 Å². The lowest BCUT2D eigenvalue weighted by Crippen LogP contribution is -2.15. The maximum atomic E-state index is 13.9. The number of halogens is 1. The van der Waals surface area contributed by atoms with Gasteiger partial charge in [-0.25, -0.2) is 4.39 Å². The summed E-state index contributed by atoms with van der Waals surface area (Å²) in [7, 11) is 0. The zero-order valence-electron chi connectivity index (χ0n) is 14.8. The highest BCUT2D eigenvalue weighted by atomic mass is 19.1. The van der Waals surface area contributed by atoms with Crippen molar-refractivity contribution in [2.45, 2.75) is 70.4 Å². The molecule has 1 fully saturated rings. The Labute approximate surface area is 146 Å². The van der Waals surface area contributed by atoms with Crippen LogP contribution in [0.15, 0.2) is 48.5 Å². The van der Waals surface area contributed by atoms with Gasteiger partial charge in [0.1, 0.15) is 6.17 Å². The van der Waals surface area contributed by atoms with Crippen LogP contribution in [-0.4, -0.2) is 6.17 Å². The second-order valence-corrected chi connectivity index (χ2v) is 7.20. The number of aryl methyl sites for hydroxylation is 1. The Kier molecular flexibility index (Phi) is 6.07. The fourth-order valence-corrected chi connectivity index (χ4v) is 3.96. The van der Waals surface area contributed by atoms with Gasteiger partial charge in [0, 0.05) is 0 Å². The highest BCUT2D eigenvalue weighted by Crippen LogP contribution is 2.39. The highest BCUT2D eigenvalue weighted by molar-refractivity contribution is 5.68. The van der Waals surface area contributed by atoms with Crippen molar-refractivity contribution in [3.63, 3.8) is 0 Å². The summed E-state index contributed by atoms with van der Waals surface area (Å²) in [5.74, 6) is 0.370. The summed E-state index contributed by atoms with van der Waals surface area (Å²) in [5, 5.41) is 0. The molecule has 1 aliphatic carbocycles. The van der Waals surface area contributed by atoms with Crippen molar-refractivity contribution in [3.05, 3.63) is 59.7 Å². The van der Waals surface area contributed by atoms with Crippen molar-refractivity contribution in [1.82, 2.24) is 0 Å². The van der Waals surface area contributed by atoms with Crippen LogP contribution in [0.1, 0.15) is 68.9 Å². The Morgan fingerprint density at radius 1 is 0.958 bits per heavy atom. The van der Waals surface area contributed by atoms with Crippen LogP contribution in [0, 0.1) is 0 Å². The zero-order chi connectivity index (χ0) is 16.8. The topological polar surface area (TPSA) is 0 Å². The first-order valence-electron chi connectivity index (χ1n) is 9.60. The van der Waals surface area contributed by atoms with Crippen LogP contribution in [-0.2, 0) is 6.42 Å². The molecule has 2 unspecified atom stereocenters. The van der Waals surface area contributed by atoms with Gasteiger partial charge in [-0.15, -0.1) is 0 Å². The van der Waals surface area contributed by atoms with Crippen LogP contribution in [0.25, 0.3) is 11.1 Å². The van der Waals surface area contributed by atoms with Crippen LogP contribution in [0.5, 0.6) is 0 Å². The van der Waals surface area contributed by atoms with Gasteiger partial charge in [-0.1, -0.05) is 68.3 Å². The lowest BCUT2D eigenvalue weighted by molar-refractivity contribution is 0.231. The predicted octanol–water partition coefficient (Wildman–Crippen LogP) is 7.08. The van der Waals surface area contributed by atoms with E-state index in [4.69, 9.17) is 0 Å². The molecule has 1 heteroatoms. The second kappa shape index (κ2) is 8.46. The molecule has 3 rings (SSSR count). The summed E-state index contributed by atoms with van der Waals surface area (Å²) < 4.78 is 13.9. The third kappa shape index (κ3) is 4.26. The van der Waals surface area contributed by atoms with E-state index in [1.165, 1.54) is 47.9 Å². The summed E-state index contributed by atoms with van der Waals surface area (Å²) in [5.41, 5.74) is 5.31. The monoisotopic (exact) mass is 324 g/mol. The van der Waals surface area contributed by atoms with Crippen LogP contribution >= 0.6 is 0 Å². The number of hydrogen-bond acceptors (Lipinski definition) is 0. The van der Waals surface area contributed by atoms with Crippen molar-refractivity contribution >= 4 is 0 Å². The van der Waals surface area contributed by atoms with E-state index in [2.05, 4.69) is 55.5 Å². The van der Waals surface area contributed by atoms with Gasteiger partial charge < -0.3 is 0 Å². The first kappa shape index (κ1) is 17.2. The van der Waals surface area contributed by atoms with E-state index >= 15 is 0 Å². The number of unbranched alkanes of at least 4 members (excludes halogenated alkanes) is 2. The fraction of sp³-hybridized carbons (Fsp3) is 0.478. The minimum absolute atomic E-state index is 0.370. The summed E-state index contributed by atoms with van der Waals surface area (Å²) in [6, 6.07) is 17.6. The number of alkyl halides is 1. The molecule has 0 radical (unpaired) electrons. The standard InChI is InChI=1S/C23H29F/c1-2-3-4-8-18-13-15-19(16-14-18)22-11-5-6-12-23(22)20-9-7-10-21(24)17-20/h5-6,11-16,20-21H,2-4,7-10,17H2,1H3. The largest absolute Gasteiger partial charge is 0.247 e. The Morgan fingerprint density at radius 2 is 1.75 bits per heavy atom.